The molecule has 1 amide bonds. The Balaban J connectivity index is 1.73. The maximum absolute atomic E-state index is 13.5. The van der Waals surface area contributed by atoms with Crippen molar-refractivity contribution in [1.82, 2.24) is 5.43 Å². The molecule has 0 aromatic heterocycles. The quantitative estimate of drug-likeness (QED) is 0.191. The van der Waals surface area contributed by atoms with Crippen LogP contribution in [0.25, 0.3) is 0 Å². The predicted molar refractivity (Wildman–Crippen MR) is 141 cm³/mol. The third kappa shape index (κ3) is 7.80. The summed E-state index contributed by atoms with van der Waals surface area (Å²) < 4.78 is 32.2. The van der Waals surface area contributed by atoms with Gasteiger partial charge in [-0.1, -0.05) is 35.0 Å². The molecular weight excluding hydrogens is 583 g/mol. The van der Waals surface area contributed by atoms with E-state index in [9.17, 15) is 9.18 Å². The van der Waals surface area contributed by atoms with E-state index >= 15 is 0 Å². The van der Waals surface area contributed by atoms with Crippen LogP contribution in [0.3, 0.4) is 0 Å². The second-order valence-electron chi connectivity index (χ2n) is 7.37. The minimum absolute atomic E-state index is 0.165. The van der Waals surface area contributed by atoms with E-state index in [1.807, 2.05) is 19.9 Å². The smallest absolute Gasteiger partial charge is 0.271 e. The summed E-state index contributed by atoms with van der Waals surface area (Å²) in [7, 11) is 0. The van der Waals surface area contributed by atoms with Crippen molar-refractivity contribution in [2.45, 2.75) is 26.9 Å². The first-order valence-corrected chi connectivity index (χ1v) is 12.6. The van der Waals surface area contributed by atoms with Gasteiger partial charge in [0.05, 0.1) is 23.9 Å². The Hall–Kier alpha value is -2.91. The SMILES string of the molecule is CCCOc1ccc(C(=O)N/N=C/c2cc(Br)cc(Br)c2OCc2cccc(F)c2)cc1OCC. The summed E-state index contributed by atoms with van der Waals surface area (Å²) in [5.41, 5.74) is 4.21. The maximum Gasteiger partial charge on any atom is 0.271 e. The molecule has 0 unspecified atom stereocenters. The lowest BCUT2D eigenvalue weighted by atomic mass is 10.2. The lowest BCUT2D eigenvalue weighted by molar-refractivity contribution is 0.0954. The molecule has 0 radical (unpaired) electrons. The zero-order valence-electron chi connectivity index (χ0n) is 19.3. The average molecular weight is 608 g/mol. The van der Waals surface area contributed by atoms with Crippen LogP contribution >= 0.6 is 31.9 Å². The summed E-state index contributed by atoms with van der Waals surface area (Å²) >= 11 is 6.93. The van der Waals surface area contributed by atoms with Crippen molar-refractivity contribution in [1.29, 1.82) is 0 Å². The molecule has 3 aromatic carbocycles. The fourth-order valence-electron chi connectivity index (χ4n) is 3.08. The van der Waals surface area contributed by atoms with Crippen LogP contribution in [0.15, 0.2) is 68.6 Å². The monoisotopic (exact) mass is 606 g/mol. The van der Waals surface area contributed by atoms with Crippen LogP contribution in [0.1, 0.15) is 41.8 Å². The number of nitrogens with one attached hydrogen (secondary N) is 1. The van der Waals surface area contributed by atoms with Crippen LogP contribution in [-0.4, -0.2) is 25.3 Å². The fraction of sp³-hybridized carbons (Fsp3) is 0.231. The van der Waals surface area contributed by atoms with Gasteiger partial charge >= 0.3 is 0 Å². The summed E-state index contributed by atoms with van der Waals surface area (Å²) in [6.45, 7) is 5.05. The molecule has 0 saturated heterocycles. The lowest BCUT2D eigenvalue weighted by Gasteiger charge is -2.13. The highest BCUT2D eigenvalue weighted by molar-refractivity contribution is 9.11. The molecule has 3 rings (SSSR count). The van der Waals surface area contributed by atoms with Gasteiger partial charge in [0, 0.05) is 15.6 Å². The van der Waals surface area contributed by atoms with Gasteiger partial charge in [-0.15, -0.1) is 0 Å². The highest BCUT2D eigenvalue weighted by Gasteiger charge is 2.13. The number of carbonyl (C=O) groups is 1. The summed E-state index contributed by atoms with van der Waals surface area (Å²) in [5.74, 6) is 0.865. The molecule has 0 atom stereocenters. The molecule has 0 fully saturated rings. The predicted octanol–water partition coefficient (Wildman–Crippen LogP) is 6.88. The molecule has 0 spiro atoms. The molecule has 0 aliphatic rings. The van der Waals surface area contributed by atoms with Gasteiger partial charge < -0.3 is 14.2 Å². The molecule has 0 aliphatic heterocycles. The molecule has 0 heterocycles. The standard InChI is InChI=1S/C26H25Br2FN2O4/c1-3-10-34-23-9-8-18(13-24(23)33-4-2)26(32)31-30-15-19-12-20(27)14-22(28)25(19)35-16-17-6-5-7-21(29)11-17/h5-9,11-15H,3-4,10,16H2,1-2H3,(H,31,32)/b30-15+. The highest BCUT2D eigenvalue weighted by atomic mass is 79.9. The van der Waals surface area contributed by atoms with Crippen molar-refractivity contribution in [3.05, 3.63) is 86.1 Å². The maximum atomic E-state index is 13.5. The summed E-state index contributed by atoms with van der Waals surface area (Å²) in [6.07, 6.45) is 2.35. The van der Waals surface area contributed by atoms with Gasteiger partial charge in [-0.3, -0.25) is 4.79 Å². The van der Waals surface area contributed by atoms with Gasteiger partial charge in [-0.2, -0.15) is 5.10 Å². The number of hydrazone groups is 1. The topological polar surface area (TPSA) is 69.2 Å². The van der Waals surface area contributed by atoms with Crippen molar-refractivity contribution < 1.29 is 23.4 Å². The first kappa shape index (κ1) is 26.7. The van der Waals surface area contributed by atoms with Crippen LogP contribution < -0.4 is 19.6 Å². The third-order valence-corrected chi connectivity index (χ3v) is 5.69. The van der Waals surface area contributed by atoms with E-state index in [0.717, 1.165) is 10.9 Å². The summed E-state index contributed by atoms with van der Waals surface area (Å²) in [6, 6.07) is 14.8. The largest absolute Gasteiger partial charge is 0.490 e. The summed E-state index contributed by atoms with van der Waals surface area (Å²) in [5, 5.41) is 4.10. The van der Waals surface area contributed by atoms with Gasteiger partial charge in [0.25, 0.3) is 5.91 Å². The zero-order chi connectivity index (χ0) is 25.2. The van der Waals surface area contributed by atoms with E-state index in [-0.39, 0.29) is 12.4 Å². The zero-order valence-corrected chi connectivity index (χ0v) is 22.5. The lowest BCUT2D eigenvalue weighted by Crippen LogP contribution is -2.18. The molecule has 184 valence electrons. The number of rotatable bonds is 11. The molecule has 1 N–H and O–H groups in total. The Bertz CT molecular complexity index is 1200. The average Bonchev–Trinajstić information content (AvgIpc) is 2.82. The first-order chi connectivity index (χ1) is 16.9. The Morgan fingerprint density at radius 2 is 1.86 bits per heavy atom. The van der Waals surface area contributed by atoms with Gasteiger partial charge in [-0.05, 0) is 77.3 Å². The first-order valence-electron chi connectivity index (χ1n) is 11.0. The van der Waals surface area contributed by atoms with Gasteiger partial charge in [-0.25, -0.2) is 9.82 Å². The molecule has 9 heteroatoms. The van der Waals surface area contributed by atoms with Crippen LogP contribution in [0.2, 0.25) is 0 Å². The van der Waals surface area contributed by atoms with Crippen LogP contribution in [0.5, 0.6) is 17.2 Å². The number of benzene rings is 3. The van der Waals surface area contributed by atoms with Crippen LogP contribution in [-0.2, 0) is 6.61 Å². The number of nitrogens with zero attached hydrogens (tertiary/aromatic N) is 1. The van der Waals surface area contributed by atoms with E-state index < -0.39 is 5.91 Å². The Morgan fingerprint density at radius 3 is 2.60 bits per heavy atom. The number of carbonyl (C=O) groups excluding carboxylic acids is 1. The van der Waals surface area contributed by atoms with E-state index in [4.69, 9.17) is 14.2 Å². The molecular formula is C26H25Br2FN2O4. The van der Waals surface area contributed by atoms with Crippen molar-refractivity contribution in [2.75, 3.05) is 13.2 Å². The van der Waals surface area contributed by atoms with Gasteiger partial charge in [0.1, 0.15) is 18.2 Å². The minimum Gasteiger partial charge on any atom is -0.490 e. The van der Waals surface area contributed by atoms with Crippen LogP contribution in [0, 0.1) is 5.82 Å². The van der Waals surface area contributed by atoms with Gasteiger partial charge in [0.2, 0.25) is 0 Å². The van der Waals surface area contributed by atoms with Crippen molar-refractivity contribution in [3.8, 4) is 17.2 Å². The molecule has 0 saturated carbocycles. The van der Waals surface area contributed by atoms with Crippen LogP contribution in [0.4, 0.5) is 4.39 Å². The normalized spacial score (nSPS) is 10.9. The van der Waals surface area contributed by atoms with E-state index in [2.05, 4.69) is 42.4 Å². The van der Waals surface area contributed by atoms with Crippen molar-refractivity contribution in [2.24, 2.45) is 5.10 Å². The minimum atomic E-state index is -0.402. The van der Waals surface area contributed by atoms with Gasteiger partial charge in [0.15, 0.2) is 11.5 Å². The van der Waals surface area contributed by atoms with Crippen molar-refractivity contribution in [3.63, 3.8) is 0 Å². The Labute approximate surface area is 220 Å². The number of hydrogen-bond donors (Lipinski definition) is 1. The number of ether oxygens (including phenoxy) is 3. The molecule has 35 heavy (non-hydrogen) atoms. The van der Waals surface area contributed by atoms with E-state index in [1.54, 1.807) is 36.4 Å². The molecule has 0 bridgehead atoms. The molecule has 6 nitrogen and oxygen atoms in total. The van der Waals surface area contributed by atoms with Crippen molar-refractivity contribution >= 4 is 44.0 Å². The van der Waals surface area contributed by atoms with E-state index in [0.29, 0.717) is 51.6 Å². The second-order valence-corrected chi connectivity index (χ2v) is 9.14. The molecule has 3 aromatic rings. The number of hydrogen-bond acceptors (Lipinski definition) is 5. The number of amides is 1. The second kappa shape index (κ2) is 13.3. The fourth-order valence-corrected chi connectivity index (χ4v) is 4.46. The Kier molecular flexibility index (Phi) is 10.1. The summed E-state index contributed by atoms with van der Waals surface area (Å²) in [4.78, 5) is 12.7. The Morgan fingerprint density at radius 1 is 1.03 bits per heavy atom. The third-order valence-electron chi connectivity index (χ3n) is 4.65. The highest BCUT2D eigenvalue weighted by Crippen LogP contribution is 2.33. The number of halogens is 3. The molecule has 0 aliphatic carbocycles. The van der Waals surface area contributed by atoms with E-state index in [1.165, 1.54) is 18.3 Å².